The SMILES string of the molecule is c1ccc(-c2ccc(Oc3cc4c5c(c3)N(c3ccccc3)c3ccccc3B5c3cc5c(cc3O4)Oc3cc(Oc4ccc(-c6ccccc6)cc4)cc4c3B5c3ccccc3N4c3ccccc3)cc2)cc1. The maximum atomic E-state index is 7.21. The summed E-state index contributed by atoms with van der Waals surface area (Å²) in [6.45, 7) is -0.317. The van der Waals surface area contributed by atoms with Crippen LogP contribution < -0.4 is 61.5 Å². The molecule has 0 saturated carbocycles. The topological polar surface area (TPSA) is 43.4 Å². The minimum absolute atomic E-state index is 0.158. The van der Waals surface area contributed by atoms with E-state index >= 15 is 0 Å². The van der Waals surface area contributed by atoms with Crippen LogP contribution in [0.15, 0.2) is 255 Å². The van der Waals surface area contributed by atoms with E-state index in [1.807, 2.05) is 48.5 Å². The van der Waals surface area contributed by atoms with Crippen molar-refractivity contribution in [3.63, 3.8) is 0 Å². The van der Waals surface area contributed by atoms with Crippen LogP contribution >= 0.6 is 0 Å². The predicted octanol–water partition coefficient (Wildman–Crippen LogP) is 13.4. The van der Waals surface area contributed by atoms with Gasteiger partial charge in [0.05, 0.1) is 0 Å². The van der Waals surface area contributed by atoms with Gasteiger partial charge in [0.15, 0.2) is 0 Å². The van der Waals surface area contributed by atoms with E-state index in [2.05, 4.69) is 216 Å². The Labute approximate surface area is 430 Å². The lowest BCUT2D eigenvalue weighted by Crippen LogP contribution is -2.63. The predicted molar refractivity (Wildman–Crippen MR) is 302 cm³/mol. The van der Waals surface area contributed by atoms with Gasteiger partial charge in [0.2, 0.25) is 0 Å². The molecule has 0 aromatic heterocycles. The summed E-state index contributed by atoms with van der Waals surface area (Å²) in [5.74, 6) is 5.77. The van der Waals surface area contributed by atoms with Gasteiger partial charge in [0, 0.05) is 64.5 Å². The number of hydrogen-bond acceptors (Lipinski definition) is 6. The number of ether oxygens (including phenoxy) is 4. The molecule has 11 aromatic rings. The highest BCUT2D eigenvalue weighted by atomic mass is 16.5. The van der Waals surface area contributed by atoms with Gasteiger partial charge >= 0.3 is 0 Å². The van der Waals surface area contributed by atoms with Gasteiger partial charge in [-0.2, -0.15) is 0 Å². The lowest BCUT2D eigenvalue weighted by atomic mass is 9.31. The number of hydrogen-bond donors (Lipinski definition) is 0. The maximum Gasteiger partial charge on any atom is 0.256 e. The van der Waals surface area contributed by atoms with Crippen LogP contribution in [-0.2, 0) is 0 Å². The van der Waals surface area contributed by atoms with Crippen LogP contribution in [0.1, 0.15) is 0 Å². The third kappa shape index (κ3) is 6.91. The Morgan fingerprint density at radius 3 is 1.05 bits per heavy atom. The monoisotopic (exact) mass is 948 g/mol. The van der Waals surface area contributed by atoms with Crippen molar-refractivity contribution in [2.24, 2.45) is 0 Å². The largest absolute Gasteiger partial charge is 0.458 e. The standard InChI is InChI=1S/C66H42B2N2O4/c1-5-17-43(18-6-1)45-29-33-49(34-30-45)71-51-37-59-65-63(39-51)73-61-42-62-56(41-55(61)67(65)53-25-13-15-27-57(53)69(59)47-21-9-3-10-22-47)68-54-26-14-16-28-58(54)70(48-23-11-4-12-24-48)60-38-52(40-64(74-62)66(60)68)72-50-35-31-46(32-36-50)44-19-7-2-8-20-44/h1-42H. The van der Waals surface area contributed by atoms with Gasteiger partial charge in [-0.3, -0.25) is 0 Å². The molecule has 346 valence electrons. The Hall–Kier alpha value is -9.65. The molecule has 4 aliphatic rings. The van der Waals surface area contributed by atoms with Crippen LogP contribution in [-0.4, -0.2) is 13.4 Å². The molecule has 4 heterocycles. The average Bonchev–Trinajstić information content (AvgIpc) is 3.46. The van der Waals surface area contributed by atoms with Gasteiger partial charge in [-0.05, 0) is 116 Å². The van der Waals surface area contributed by atoms with Crippen molar-refractivity contribution in [2.75, 3.05) is 9.80 Å². The van der Waals surface area contributed by atoms with Crippen molar-refractivity contribution >= 4 is 80.3 Å². The fourth-order valence-corrected chi connectivity index (χ4v) is 11.6. The first-order valence-electron chi connectivity index (χ1n) is 25.1. The molecule has 8 heteroatoms. The number of anilines is 6. The van der Waals surface area contributed by atoms with E-state index in [-0.39, 0.29) is 13.4 Å². The van der Waals surface area contributed by atoms with Crippen LogP contribution in [0.25, 0.3) is 22.3 Å². The molecular formula is C66H42B2N2O4. The van der Waals surface area contributed by atoms with Crippen LogP contribution in [0.4, 0.5) is 34.1 Å². The highest BCUT2D eigenvalue weighted by Crippen LogP contribution is 2.47. The number of nitrogens with zero attached hydrogens (tertiary/aromatic N) is 2. The molecule has 0 spiro atoms. The van der Waals surface area contributed by atoms with Crippen molar-refractivity contribution < 1.29 is 18.9 Å². The molecule has 6 nitrogen and oxygen atoms in total. The van der Waals surface area contributed by atoms with Gasteiger partial charge in [-0.25, -0.2) is 0 Å². The van der Waals surface area contributed by atoms with Crippen molar-refractivity contribution in [2.45, 2.75) is 0 Å². The Kier molecular flexibility index (Phi) is 9.67. The molecule has 11 aromatic carbocycles. The van der Waals surface area contributed by atoms with Gasteiger partial charge in [-0.1, -0.05) is 164 Å². The molecule has 0 unspecified atom stereocenters. The van der Waals surface area contributed by atoms with E-state index in [0.717, 1.165) is 113 Å². The third-order valence-corrected chi connectivity index (χ3v) is 14.9. The number of rotatable bonds is 8. The lowest BCUT2D eigenvalue weighted by Gasteiger charge is -2.42. The van der Waals surface area contributed by atoms with Gasteiger partial charge in [-0.15, -0.1) is 0 Å². The van der Waals surface area contributed by atoms with E-state index in [1.165, 1.54) is 10.9 Å². The molecule has 74 heavy (non-hydrogen) atoms. The Balaban J connectivity index is 0.881. The summed E-state index contributed by atoms with van der Waals surface area (Å²) >= 11 is 0. The fourth-order valence-electron chi connectivity index (χ4n) is 11.6. The van der Waals surface area contributed by atoms with E-state index in [0.29, 0.717) is 11.5 Å². The quantitative estimate of drug-likeness (QED) is 0.141. The Bertz CT molecular complexity index is 3710. The molecule has 0 amide bonds. The van der Waals surface area contributed by atoms with Crippen LogP contribution in [0.5, 0.6) is 46.0 Å². The first kappa shape index (κ1) is 42.1. The molecule has 0 fully saturated rings. The molecule has 15 rings (SSSR count). The summed E-state index contributed by atoms with van der Waals surface area (Å²) in [4.78, 5) is 4.70. The van der Waals surface area contributed by atoms with E-state index < -0.39 is 0 Å². The Morgan fingerprint density at radius 1 is 0.270 bits per heavy atom. The second-order valence-corrected chi connectivity index (χ2v) is 19.2. The van der Waals surface area contributed by atoms with Crippen molar-refractivity contribution in [1.29, 1.82) is 0 Å². The van der Waals surface area contributed by atoms with E-state index in [1.54, 1.807) is 0 Å². The molecule has 0 saturated heterocycles. The molecule has 0 aliphatic carbocycles. The summed E-state index contributed by atoms with van der Waals surface area (Å²) in [7, 11) is 0. The Morgan fingerprint density at radius 2 is 0.635 bits per heavy atom. The van der Waals surface area contributed by atoms with Crippen molar-refractivity contribution in [3.05, 3.63) is 255 Å². The van der Waals surface area contributed by atoms with Crippen LogP contribution in [0.2, 0.25) is 0 Å². The lowest BCUT2D eigenvalue weighted by molar-refractivity contribution is 0.451. The molecule has 0 atom stereocenters. The first-order chi connectivity index (χ1) is 36.7. The first-order valence-corrected chi connectivity index (χ1v) is 25.1. The summed E-state index contributed by atoms with van der Waals surface area (Å²) in [5.41, 5.74) is 17.6. The number of benzene rings is 11. The summed E-state index contributed by atoms with van der Waals surface area (Å²) in [6.07, 6.45) is 0. The summed E-state index contributed by atoms with van der Waals surface area (Å²) in [5, 5.41) is 0. The van der Waals surface area contributed by atoms with Gasteiger partial charge in [0.25, 0.3) is 13.4 Å². The van der Waals surface area contributed by atoms with Crippen LogP contribution in [0, 0.1) is 0 Å². The minimum atomic E-state index is -0.158. The zero-order valence-electron chi connectivity index (χ0n) is 39.9. The highest BCUT2D eigenvalue weighted by Gasteiger charge is 2.47. The molecule has 0 bridgehead atoms. The molecule has 4 aliphatic heterocycles. The zero-order chi connectivity index (χ0) is 48.7. The van der Waals surface area contributed by atoms with E-state index in [4.69, 9.17) is 18.9 Å². The second-order valence-electron chi connectivity index (χ2n) is 19.2. The van der Waals surface area contributed by atoms with Crippen molar-refractivity contribution in [3.8, 4) is 68.2 Å². The normalized spacial score (nSPS) is 13.0. The van der Waals surface area contributed by atoms with Gasteiger partial charge in [0.1, 0.15) is 46.0 Å². The van der Waals surface area contributed by atoms with Crippen LogP contribution in [0.3, 0.4) is 0 Å². The zero-order valence-corrected chi connectivity index (χ0v) is 39.9. The third-order valence-electron chi connectivity index (χ3n) is 14.9. The molecular weight excluding hydrogens is 906 g/mol. The highest BCUT2D eigenvalue weighted by molar-refractivity contribution is 7.02. The fraction of sp³-hybridized carbons (Fsp3) is 0. The average molecular weight is 949 g/mol. The second kappa shape index (κ2) is 17.0. The summed E-state index contributed by atoms with van der Waals surface area (Å²) in [6, 6.07) is 89.0. The summed E-state index contributed by atoms with van der Waals surface area (Å²) < 4.78 is 28.0. The minimum Gasteiger partial charge on any atom is -0.458 e. The smallest absolute Gasteiger partial charge is 0.256 e. The van der Waals surface area contributed by atoms with Gasteiger partial charge < -0.3 is 28.7 Å². The van der Waals surface area contributed by atoms with E-state index in [9.17, 15) is 0 Å². The molecule has 0 radical (unpaired) electrons. The number of para-hydroxylation sites is 4. The van der Waals surface area contributed by atoms with Crippen molar-refractivity contribution in [1.82, 2.24) is 0 Å². The maximum absolute atomic E-state index is 7.21. The molecule has 0 N–H and O–H groups in total. The number of fused-ring (bicyclic) bond motifs is 8.